The van der Waals surface area contributed by atoms with Crippen molar-refractivity contribution in [2.45, 2.75) is 72.5 Å². The summed E-state index contributed by atoms with van der Waals surface area (Å²) in [7, 11) is 0. The van der Waals surface area contributed by atoms with E-state index in [-0.39, 0.29) is 23.3 Å². The van der Waals surface area contributed by atoms with Crippen molar-refractivity contribution in [1.82, 2.24) is 9.97 Å². The first-order valence-electron chi connectivity index (χ1n) is 9.53. The van der Waals surface area contributed by atoms with Gasteiger partial charge in [-0.2, -0.15) is 4.90 Å². The predicted molar refractivity (Wildman–Crippen MR) is 112 cm³/mol. The van der Waals surface area contributed by atoms with Crippen molar-refractivity contribution in [2.24, 2.45) is 0 Å². The first kappa shape index (κ1) is 26.3. The number of ketones is 1. The first-order chi connectivity index (χ1) is 14.1. The third kappa shape index (κ3) is 7.78. The Kier molecular flexibility index (Phi) is 8.51. The maximum absolute atomic E-state index is 12.7. The van der Waals surface area contributed by atoms with E-state index in [1.165, 1.54) is 6.92 Å². The fourth-order valence-electron chi connectivity index (χ4n) is 2.22. The molecule has 0 aliphatic rings. The maximum atomic E-state index is 12.7. The standard InChI is InChI=1S/C20H28ClN3O7/c1-9-29-16(26)13(11(2)25)15-22-10-12(14(21)23-15)24(17(27)30-19(3,4)5)18(28)31-20(6,7)8/h10,13H,9H2,1-8H3. The van der Waals surface area contributed by atoms with Gasteiger partial charge in [-0.25, -0.2) is 19.6 Å². The number of ether oxygens (including phenoxy) is 3. The largest absolute Gasteiger partial charge is 0.465 e. The van der Waals surface area contributed by atoms with Crippen molar-refractivity contribution < 1.29 is 33.4 Å². The van der Waals surface area contributed by atoms with E-state index in [1.807, 2.05) is 0 Å². The van der Waals surface area contributed by atoms with Gasteiger partial charge in [0, 0.05) is 0 Å². The molecule has 1 heterocycles. The van der Waals surface area contributed by atoms with Gasteiger partial charge in [-0.1, -0.05) is 11.6 Å². The zero-order valence-electron chi connectivity index (χ0n) is 18.9. The van der Waals surface area contributed by atoms with Crippen LogP contribution in [0, 0.1) is 0 Å². The fourth-order valence-corrected chi connectivity index (χ4v) is 2.44. The van der Waals surface area contributed by atoms with E-state index in [0.29, 0.717) is 4.90 Å². The van der Waals surface area contributed by atoms with Gasteiger partial charge in [-0.05, 0) is 55.4 Å². The maximum Gasteiger partial charge on any atom is 0.424 e. The summed E-state index contributed by atoms with van der Waals surface area (Å²) >= 11 is 6.21. The number of carbonyl (C=O) groups is 4. The number of esters is 1. The lowest BCUT2D eigenvalue weighted by Gasteiger charge is -2.28. The van der Waals surface area contributed by atoms with Gasteiger partial charge in [0.15, 0.2) is 22.7 Å². The molecule has 0 bridgehead atoms. The van der Waals surface area contributed by atoms with E-state index >= 15 is 0 Å². The lowest BCUT2D eigenvalue weighted by molar-refractivity contribution is -0.147. The smallest absolute Gasteiger partial charge is 0.424 e. The Morgan fingerprint density at radius 2 is 1.52 bits per heavy atom. The molecule has 2 amide bonds. The van der Waals surface area contributed by atoms with Crippen molar-refractivity contribution in [2.75, 3.05) is 11.5 Å². The minimum absolute atomic E-state index is 0.0551. The number of hydrogen-bond donors (Lipinski definition) is 0. The third-order valence-electron chi connectivity index (χ3n) is 3.32. The molecule has 0 saturated heterocycles. The van der Waals surface area contributed by atoms with Crippen LogP contribution in [0.3, 0.4) is 0 Å². The summed E-state index contributed by atoms with van der Waals surface area (Å²) in [5, 5.41) is -0.364. The first-order valence-corrected chi connectivity index (χ1v) is 9.90. The Labute approximate surface area is 186 Å². The molecule has 31 heavy (non-hydrogen) atoms. The van der Waals surface area contributed by atoms with Crippen LogP contribution in [0.2, 0.25) is 5.15 Å². The Morgan fingerprint density at radius 3 is 1.87 bits per heavy atom. The van der Waals surface area contributed by atoms with E-state index in [1.54, 1.807) is 48.5 Å². The van der Waals surface area contributed by atoms with Gasteiger partial charge in [-0.3, -0.25) is 9.59 Å². The molecule has 172 valence electrons. The average Bonchev–Trinajstić information content (AvgIpc) is 2.53. The van der Waals surface area contributed by atoms with E-state index in [2.05, 4.69) is 9.97 Å². The summed E-state index contributed by atoms with van der Waals surface area (Å²) in [5.41, 5.74) is -2.08. The number of amides is 2. The molecule has 11 heteroatoms. The summed E-state index contributed by atoms with van der Waals surface area (Å²) in [6, 6.07) is 0. The molecule has 1 atom stereocenters. The number of hydrogen-bond acceptors (Lipinski definition) is 9. The molecule has 1 unspecified atom stereocenters. The molecule has 0 saturated carbocycles. The van der Waals surface area contributed by atoms with E-state index in [9.17, 15) is 19.2 Å². The Bertz CT molecular complexity index is 831. The van der Waals surface area contributed by atoms with Crippen LogP contribution < -0.4 is 4.90 Å². The number of halogens is 1. The van der Waals surface area contributed by atoms with Crippen LogP contribution in [0.25, 0.3) is 0 Å². The highest BCUT2D eigenvalue weighted by molar-refractivity contribution is 6.33. The predicted octanol–water partition coefficient (Wildman–Crippen LogP) is 4.04. The number of anilines is 1. The molecule has 1 rings (SSSR count). The van der Waals surface area contributed by atoms with Crippen LogP contribution in [0.5, 0.6) is 0 Å². The van der Waals surface area contributed by atoms with Gasteiger partial charge in [0.1, 0.15) is 16.9 Å². The minimum Gasteiger partial charge on any atom is -0.465 e. The highest BCUT2D eigenvalue weighted by atomic mass is 35.5. The second kappa shape index (κ2) is 10.0. The van der Waals surface area contributed by atoms with Crippen LogP contribution in [0.15, 0.2) is 6.20 Å². The highest BCUT2D eigenvalue weighted by Crippen LogP contribution is 2.29. The summed E-state index contributed by atoms with van der Waals surface area (Å²) in [5.74, 6) is -3.02. The molecule has 0 fully saturated rings. The van der Waals surface area contributed by atoms with Gasteiger partial charge < -0.3 is 14.2 Å². The summed E-state index contributed by atoms with van der Waals surface area (Å²) in [4.78, 5) is 58.0. The second-order valence-corrected chi connectivity index (χ2v) is 8.85. The van der Waals surface area contributed by atoms with Crippen molar-refractivity contribution in [3.63, 3.8) is 0 Å². The van der Waals surface area contributed by atoms with Crippen LogP contribution >= 0.6 is 11.6 Å². The zero-order chi connectivity index (χ0) is 24.1. The second-order valence-electron chi connectivity index (χ2n) is 8.50. The lowest BCUT2D eigenvalue weighted by Crippen LogP contribution is -2.44. The van der Waals surface area contributed by atoms with E-state index in [0.717, 1.165) is 6.20 Å². The van der Waals surface area contributed by atoms with E-state index < -0.39 is 41.1 Å². The third-order valence-corrected chi connectivity index (χ3v) is 3.60. The quantitative estimate of drug-likeness (QED) is 0.278. The van der Waals surface area contributed by atoms with Crippen molar-refractivity contribution in [3.8, 4) is 0 Å². The summed E-state index contributed by atoms with van der Waals surface area (Å²) in [6.45, 7) is 12.6. The molecule has 1 aromatic heterocycles. The number of aromatic nitrogens is 2. The van der Waals surface area contributed by atoms with Gasteiger partial charge >= 0.3 is 18.2 Å². The molecule has 0 radical (unpaired) electrons. The number of Topliss-reactive ketones (excluding diaryl/α,β-unsaturated/α-hetero) is 1. The van der Waals surface area contributed by atoms with Gasteiger partial charge in [-0.15, -0.1) is 0 Å². The monoisotopic (exact) mass is 457 g/mol. The Morgan fingerprint density at radius 1 is 1.03 bits per heavy atom. The van der Waals surface area contributed by atoms with Crippen molar-refractivity contribution in [3.05, 3.63) is 17.2 Å². The van der Waals surface area contributed by atoms with Crippen molar-refractivity contribution in [1.29, 1.82) is 0 Å². The zero-order valence-corrected chi connectivity index (χ0v) is 19.7. The van der Waals surface area contributed by atoms with Gasteiger partial charge in [0.2, 0.25) is 0 Å². The van der Waals surface area contributed by atoms with Gasteiger partial charge in [0.05, 0.1) is 12.8 Å². The molecular weight excluding hydrogens is 430 g/mol. The molecule has 1 aromatic rings. The van der Waals surface area contributed by atoms with E-state index in [4.69, 9.17) is 25.8 Å². The van der Waals surface area contributed by atoms with Crippen LogP contribution in [-0.4, -0.2) is 51.7 Å². The fraction of sp³-hybridized carbons (Fsp3) is 0.600. The molecule has 0 N–H and O–H groups in total. The lowest BCUT2D eigenvalue weighted by atomic mass is 10.0. The molecule has 0 spiro atoms. The molecular formula is C20H28ClN3O7. The molecule has 0 aliphatic carbocycles. The SMILES string of the molecule is CCOC(=O)C(C(C)=O)c1ncc(N(C(=O)OC(C)(C)C)C(=O)OC(C)(C)C)c(Cl)n1. The molecule has 0 aliphatic heterocycles. The Hall–Kier alpha value is -2.75. The highest BCUT2D eigenvalue weighted by Gasteiger charge is 2.36. The number of rotatable bonds is 5. The number of carbonyl (C=O) groups excluding carboxylic acids is 4. The molecule has 0 aromatic carbocycles. The average molecular weight is 458 g/mol. The number of imide groups is 1. The van der Waals surface area contributed by atoms with Crippen LogP contribution in [-0.2, 0) is 23.8 Å². The van der Waals surface area contributed by atoms with Crippen molar-refractivity contribution >= 4 is 41.2 Å². The summed E-state index contributed by atoms with van der Waals surface area (Å²) in [6.07, 6.45) is -1.09. The number of nitrogens with zero attached hydrogens (tertiary/aromatic N) is 3. The van der Waals surface area contributed by atoms with Gasteiger partial charge in [0.25, 0.3) is 0 Å². The van der Waals surface area contributed by atoms with Crippen LogP contribution in [0.4, 0.5) is 15.3 Å². The van der Waals surface area contributed by atoms with Crippen LogP contribution in [0.1, 0.15) is 67.1 Å². The summed E-state index contributed by atoms with van der Waals surface area (Å²) < 4.78 is 15.4. The minimum atomic E-state index is -1.40. The topological polar surface area (TPSA) is 125 Å². The molecule has 10 nitrogen and oxygen atoms in total. The normalized spacial score (nSPS) is 12.5. The Balaban J connectivity index is 3.45.